The highest BCUT2D eigenvalue weighted by atomic mass is 16.5. The van der Waals surface area contributed by atoms with Gasteiger partial charge in [0.25, 0.3) is 0 Å². The molecule has 3 N–H and O–H groups in total. The van der Waals surface area contributed by atoms with Crippen LogP contribution in [0, 0.1) is 0 Å². The number of ether oxygens (including phenoxy) is 1. The summed E-state index contributed by atoms with van der Waals surface area (Å²) >= 11 is 0. The van der Waals surface area contributed by atoms with E-state index in [0.717, 1.165) is 12.8 Å². The second kappa shape index (κ2) is 8.79. The van der Waals surface area contributed by atoms with E-state index in [1.54, 1.807) is 0 Å². The first-order valence-electron chi connectivity index (χ1n) is 7.45. The summed E-state index contributed by atoms with van der Waals surface area (Å²) in [6, 6.07) is -0.0609. The summed E-state index contributed by atoms with van der Waals surface area (Å²) in [7, 11) is 0. The minimum Gasteiger partial charge on any atom is -0.479 e. The van der Waals surface area contributed by atoms with Crippen LogP contribution in [-0.4, -0.2) is 41.9 Å². The lowest BCUT2D eigenvalue weighted by atomic mass is 10.1. The molecule has 2 amide bonds. The summed E-state index contributed by atoms with van der Waals surface area (Å²) in [6.07, 6.45) is 4.70. The molecule has 3 atom stereocenters. The summed E-state index contributed by atoms with van der Waals surface area (Å²) in [5, 5.41) is 14.4. The van der Waals surface area contributed by atoms with Gasteiger partial charge in [-0.3, -0.25) is 0 Å². The Hall–Kier alpha value is -1.30. The predicted molar refractivity (Wildman–Crippen MR) is 75.7 cm³/mol. The normalized spacial score (nSPS) is 23.3. The third kappa shape index (κ3) is 6.23. The number of unbranched alkanes of at least 4 members (excludes halogenated alkanes) is 2. The van der Waals surface area contributed by atoms with E-state index in [0.29, 0.717) is 19.4 Å². The van der Waals surface area contributed by atoms with Crippen molar-refractivity contribution < 1.29 is 19.4 Å². The molecule has 1 saturated heterocycles. The van der Waals surface area contributed by atoms with Gasteiger partial charge in [0.05, 0.1) is 6.10 Å². The molecule has 20 heavy (non-hydrogen) atoms. The van der Waals surface area contributed by atoms with Crippen LogP contribution in [0.5, 0.6) is 0 Å². The van der Waals surface area contributed by atoms with Crippen molar-refractivity contribution in [1.82, 2.24) is 10.6 Å². The van der Waals surface area contributed by atoms with Crippen molar-refractivity contribution in [3.05, 3.63) is 0 Å². The molecule has 0 saturated carbocycles. The molecule has 1 rings (SSSR count). The van der Waals surface area contributed by atoms with Crippen molar-refractivity contribution in [1.29, 1.82) is 0 Å². The Bertz CT molecular complexity index is 322. The Kier molecular flexibility index (Phi) is 7.36. The standard InChI is InChI=1S/C14H26N2O4/c1-3-4-5-6-10(2)16-14(19)15-9-11-7-8-12(20-11)13(17)18/h10-12H,3-9H2,1-2H3,(H,17,18)(H2,15,16,19). The van der Waals surface area contributed by atoms with E-state index < -0.39 is 12.1 Å². The van der Waals surface area contributed by atoms with Crippen molar-refractivity contribution in [2.45, 2.75) is 70.6 Å². The summed E-state index contributed by atoms with van der Waals surface area (Å²) in [4.78, 5) is 22.4. The molecule has 6 heteroatoms. The van der Waals surface area contributed by atoms with E-state index in [4.69, 9.17) is 9.84 Å². The van der Waals surface area contributed by atoms with Gasteiger partial charge in [-0.2, -0.15) is 0 Å². The molecule has 6 nitrogen and oxygen atoms in total. The molecule has 1 aliphatic rings. The molecule has 1 fully saturated rings. The molecule has 0 radical (unpaired) electrons. The second-order valence-electron chi connectivity index (χ2n) is 5.41. The summed E-state index contributed by atoms with van der Waals surface area (Å²) < 4.78 is 5.32. The first kappa shape index (κ1) is 16.8. The number of carboxylic acid groups (broad SMARTS) is 1. The summed E-state index contributed by atoms with van der Waals surface area (Å²) in [6.45, 7) is 4.50. The fourth-order valence-corrected chi connectivity index (χ4v) is 2.29. The van der Waals surface area contributed by atoms with Crippen LogP contribution in [0.2, 0.25) is 0 Å². The van der Waals surface area contributed by atoms with Gasteiger partial charge in [-0.05, 0) is 26.2 Å². The van der Waals surface area contributed by atoms with Crippen LogP contribution in [0.15, 0.2) is 0 Å². The van der Waals surface area contributed by atoms with E-state index in [9.17, 15) is 9.59 Å². The van der Waals surface area contributed by atoms with Crippen LogP contribution in [-0.2, 0) is 9.53 Å². The van der Waals surface area contributed by atoms with Gasteiger partial charge in [0, 0.05) is 12.6 Å². The molecular weight excluding hydrogens is 260 g/mol. The van der Waals surface area contributed by atoms with E-state index in [2.05, 4.69) is 17.6 Å². The highest BCUT2D eigenvalue weighted by molar-refractivity contribution is 5.74. The molecule has 1 aliphatic heterocycles. The fourth-order valence-electron chi connectivity index (χ4n) is 2.29. The zero-order chi connectivity index (χ0) is 15.0. The lowest BCUT2D eigenvalue weighted by Crippen LogP contribution is -2.43. The van der Waals surface area contributed by atoms with Crippen LogP contribution in [0.3, 0.4) is 0 Å². The van der Waals surface area contributed by atoms with Gasteiger partial charge in [0.15, 0.2) is 6.10 Å². The minimum atomic E-state index is -0.929. The first-order chi connectivity index (χ1) is 9.52. The van der Waals surface area contributed by atoms with Gasteiger partial charge in [0.1, 0.15) is 0 Å². The number of hydrogen-bond donors (Lipinski definition) is 3. The number of hydrogen-bond acceptors (Lipinski definition) is 3. The van der Waals surface area contributed by atoms with E-state index in [1.165, 1.54) is 12.8 Å². The SMILES string of the molecule is CCCCCC(C)NC(=O)NCC1CCC(C(=O)O)O1. The van der Waals surface area contributed by atoms with Crippen LogP contribution in [0.25, 0.3) is 0 Å². The van der Waals surface area contributed by atoms with Crippen LogP contribution >= 0.6 is 0 Å². The van der Waals surface area contributed by atoms with Crippen molar-refractivity contribution in [3.8, 4) is 0 Å². The number of carbonyl (C=O) groups is 2. The minimum absolute atomic E-state index is 0.151. The largest absolute Gasteiger partial charge is 0.479 e. The zero-order valence-corrected chi connectivity index (χ0v) is 12.4. The van der Waals surface area contributed by atoms with Gasteiger partial charge in [0.2, 0.25) is 0 Å². The Morgan fingerprint density at radius 3 is 2.70 bits per heavy atom. The second-order valence-corrected chi connectivity index (χ2v) is 5.41. The maximum atomic E-state index is 11.7. The third-order valence-corrected chi connectivity index (χ3v) is 3.49. The topological polar surface area (TPSA) is 87.7 Å². The number of urea groups is 1. The lowest BCUT2D eigenvalue weighted by Gasteiger charge is -2.16. The maximum Gasteiger partial charge on any atom is 0.332 e. The number of carboxylic acids is 1. The highest BCUT2D eigenvalue weighted by Crippen LogP contribution is 2.19. The molecule has 0 aliphatic carbocycles. The van der Waals surface area contributed by atoms with Crippen LogP contribution in [0.1, 0.15) is 52.4 Å². The number of nitrogens with one attached hydrogen (secondary N) is 2. The van der Waals surface area contributed by atoms with Gasteiger partial charge < -0.3 is 20.5 Å². The van der Waals surface area contributed by atoms with E-state index in [1.807, 2.05) is 6.92 Å². The molecule has 0 spiro atoms. The number of rotatable bonds is 8. The quantitative estimate of drug-likeness (QED) is 0.595. The molecule has 1 heterocycles. The number of carbonyl (C=O) groups excluding carboxylic acids is 1. The average Bonchev–Trinajstić information content (AvgIpc) is 2.85. The number of amides is 2. The van der Waals surface area contributed by atoms with Crippen LogP contribution < -0.4 is 10.6 Å². The zero-order valence-electron chi connectivity index (χ0n) is 12.4. The number of aliphatic carboxylic acids is 1. The van der Waals surface area contributed by atoms with Gasteiger partial charge in [-0.25, -0.2) is 9.59 Å². The Balaban J connectivity index is 2.12. The molecule has 0 aromatic rings. The molecule has 0 aromatic heterocycles. The molecule has 0 bridgehead atoms. The van der Waals surface area contributed by atoms with Crippen molar-refractivity contribution in [2.24, 2.45) is 0 Å². The average molecular weight is 286 g/mol. The molecular formula is C14H26N2O4. The predicted octanol–water partition coefficient (Wildman–Crippen LogP) is 1.89. The lowest BCUT2D eigenvalue weighted by molar-refractivity contribution is -0.149. The fraction of sp³-hybridized carbons (Fsp3) is 0.857. The Morgan fingerprint density at radius 2 is 2.10 bits per heavy atom. The molecule has 116 valence electrons. The van der Waals surface area contributed by atoms with Crippen molar-refractivity contribution in [2.75, 3.05) is 6.54 Å². The van der Waals surface area contributed by atoms with Gasteiger partial charge in [-0.1, -0.05) is 26.2 Å². The highest BCUT2D eigenvalue weighted by Gasteiger charge is 2.30. The van der Waals surface area contributed by atoms with Gasteiger partial charge in [-0.15, -0.1) is 0 Å². The van der Waals surface area contributed by atoms with E-state index >= 15 is 0 Å². The summed E-state index contributed by atoms with van der Waals surface area (Å²) in [5.41, 5.74) is 0. The summed E-state index contributed by atoms with van der Waals surface area (Å²) in [5.74, 6) is -0.929. The Labute approximate surface area is 120 Å². The molecule has 3 unspecified atom stereocenters. The molecule has 0 aromatic carbocycles. The van der Waals surface area contributed by atoms with Crippen molar-refractivity contribution >= 4 is 12.0 Å². The smallest absolute Gasteiger partial charge is 0.332 e. The van der Waals surface area contributed by atoms with Crippen molar-refractivity contribution in [3.63, 3.8) is 0 Å². The maximum absolute atomic E-state index is 11.7. The third-order valence-electron chi connectivity index (χ3n) is 3.49. The Morgan fingerprint density at radius 1 is 1.35 bits per heavy atom. The van der Waals surface area contributed by atoms with Crippen LogP contribution in [0.4, 0.5) is 4.79 Å². The van der Waals surface area contributed by atoms with Gasteiger partial charge >= 0.3 is 12.0 Å². The monoisotopic (exact) mass is 286 g/mol. The van der Waals surface area contributed by atoms with E-state index in [-0.39, 0.29) is 18.2 Å². The first-order valence-corrected chi connectivity index (χ1v) is 7.45.